The van der Waals surface area contributed by atoms with Crippen LogP contribution in [0.5, 0.6) is 0 Å². The van der Waals surface area contributed by atoms with E-state index >= 15 is 0 Å². The maximum atomic E-state index is 5.70. The van der Waals surface area contributed by atoms with E-state index < -0.39 is 0 Å². The second-order valence-electron chi connectivity index (χ2n) is 5.77. The molecule has 0 aliphatic carbocycles. The Morgan fingerprint density at radius 2 is 1.36 bits per heavy atom. The maximum absolute atomic E-state index is 5.70. The molecule has 4 heteroatoms. The zero-order valence-electron chi connectivity index (χ0n) is 13.7. The fourth-order valence-corrected chi connectivity index (χ4v) is 3.22. The monoisotopic (exact) mass is 410 g/mol. The summed E-state index contributed by atoms with van der Waals surface area (Å²) in [5.74, 6) is 0. The molecule has 0 fully saturated rings. The minimum Gasteiger partial charge on any atom is -0.340 e. The highest BCUT2D eigenvalue weighted by Gasteiger charge is 2.11. The van der Waals surface area contributed by atoms with Crippen molar-refractivity contribution in [1.82, 2.24) is 4.90 Å². The van der Waals surface area contributed by atoms with Crippen LogP contribution < -0.4 is 5.32 Å². The Balaban J connectivity index is 1.78. The summed E-state index contributed by atoms with van der Waals surface area (Å²) in [6.45, 7) is 1.52. The lowest BCUT2D eigenvalue weighted by atomic mass is 10.2. The van der Waals surface area contributed by atoms with E-state index in [9.17, 15) is 0 Å². The smallest absolute Gasteiger partial charge is 0.174 e. The van der Waals surface area contributed by atoms with Gasteiger partial charge in [0, 0.05) is 23.2 Å². The standard InChI is InChI=1S/C21H19BrN2S/c22-19-12-7-13-20(14-19)23-21(25)24(15-17-8-3-1-4-9-17)16-18-10-5-2-6-11-18/h1-14H,15-16H2,(H,23,25). The van der Waals surface area contributed by atoms with Crippen LogP contribution in [0.25, 0.3) is 0 Å². The summed E-state index contributed by atoms with van der Waals surface area (Å²) in [6.07, 6.45) is 0. The van der Waals surface area contributed by atoms with Crippen LogP contribution >= 0.6 is 28.1 Å². The molecule has 0 spiro atoms. The van der Waals surface area contributed by atoms with Gasteiger partial charge in [-0.25, -0.2) is 0 Å². The van der Waals surface area contributed by atoms with Crippen molar-refractivity contribution in [1.29, 1.82) is 0 Å². The van der Waals surface area contributed by atoms with E-state index in [-0.39, 0.29) is 0 Å². The molecule has 0 unspecified atom stereocenters. The fraction of sp³-hybridized carbons (Fsp3) is 0.0952. The quantitative estimate of drug-likeness (QED) is 0.531. The molecule has 0 bridgehead atoms. The van der Waals surface area contributed by atoms with Gasteiger partial charge in [0.25, 0.3) is 0 Å². The molecule has 0 aliphatic rings. The number of anilines is 1. The van der Waals surface area contributed by atoms with Gasteiger partial charge < -0.3 is 10.2 Å². The Morgan fingerprint density at radius 3 is 1.88 bits per heavy atom. The van der Waals surface area contributed by atoms with Crippen molar-refractivity contribution < 1.29 is 0 Å². The van der Waals surface area contributed by atoms with Gasteiger partial charge in [0.2, 0.25) is 0 Å². The van der Waals surface area contributed by atoms with E-state index in [1.807, 2.05) is 36.4 Å². The lowest BCUT2D eigenvalue weighted by Crippen LogP contribution is -2.33. The van der Waals surface area contributed by atoms with E-state index in [1.54, 1.807) is 0 Å². The molecule has 3 aromatic carbocycles. The molecule has 0 saturated carbocycles. The molecule has 1 N–H and O–H groups in total. The third-order valence-electron chi connectivity index (χ3n) is 3.80. The Labute approximate surface area is 162 Å². The van der Waals surface area contributed by atoms with E-state index in [0.717, 1.165) is 23.2 Å². The van der Waals surface area contributed by atoms with Crippen LogP contribution in [-0.2, 0) is 13.1 Å². The Kier molecular flexibility index (Phi) is 6.20. The number of benzene rings is 3. The summed E-state index contributed by atoms with van der Waals surface area (Å²) in [5, 5.41) is 4.06. The summed E-state index contributed by atoms with van der Waals surface area (Å²) in [7, 11) is 0. The van der Waals surface area contributed by atoms with Gasteiger partial charge in [-0.1, -0.05) is 82.7 Å². The van der Waals surface area contributed by atoms with E-state index in [0.29, 0.717) is 5.11 Å². The minimum absolute atomic E-state index is 0.714. The molecule has 0 aliphatic heterocycles. The zero-order chi connectivity index (χ0) is 17.5. The first-order valence-electron chi connectivity index (χ1n) is 8.10. The van der Waals surface area contributed by atoms with Gasteiger partial charge in [-0.05, 0) is 41.5 Å². The van der Waals surface area contributed by atoms with Crippen molar-refractivity contribution in [3.05, 3.63) is 101 Å². The Morgan fingerprint density at radius 1 is 0.800 bits per heavy atom. The molecule has 0 radical (unpaired) electrons. The summed E-state index contributed by atoms with van der Waals surface area (Å²) in [4.78, 5) is 2.18. The van der Waals surface area contributed by atoms with E-state index in [2.05, 4.69) is 74.7 Å². The molecule has 126 valence electrons. The number of hydrogen-bond acceptors (Lipinski definition) is 1. The first-order chi connectivity index (χ1) is 12.2. The molecule has 0 heterocycles. The van der Waals surface area contributed by atoms with Gasteiger partial charge in [-0.3, -0.25) is 0 Å². The number of nitrogens with one attached hydrogen (secondary N) is 1. The number of nitrogens with zero attached hydrogens (tertiary/aromatic N) is 1. The molecule has 0 saturated heterocycles. The Bertz CT molecular complexity index is 780. The van der Waals surface area contributed by atoms with Crippen molar-refractivity contribution in [2.24, 2.45) is 0 Å². The molecule has 3 aromatic rings. The predicted molar refractivity (Wildman–Crippen MR) is 112 cm³/mol. The number of thiocarbonyl (C=S) groups is 1. The highest BCUT2D eigenvalue weighted by atomic mass is 79.9. The van der Waals surface area contributed by atoms with Crippen molar-refractivity contribution in [2.45, 2.75) is 13.1 Å². The summed E-state index contributed by atoms with van der Waals surface area (Å²) < 4.78 is 1.03. The SMILES string of the molecule is S=C(Nc1cccc(Br)c1)N(Cc1ccccc1)Cc1ccccc1. The molecule has 0 aromatic heterocycles. The average molecular weight is 411 g/mol. The van der Waals surface area contributed by atoms with E-state index in [4.69, 9.17) is 12.2 Å². The highest BCUT2D eigenvalue weighted by Crippen LogP contribution is 2.18. The van der Waals surface area contributed by atoms with Crippen LogP contribution in [0.15, 0.2) is 89.4 Å². The van der Waals surface area contributed by atoms with Crippen LogP contribution in [0.2, 0.25) is 0 Å². The molecule has 3 rings (SSSR count). The molecule has 0 atom stereocenters. The number of halogens is 1. The molecule has 0 amide bonds. The van der Waals surface area contributed by atoms with Crippen molar-refractivity contribution >= 4 is 38.9 Å². The average Bonchev–Trinajstić information content (AvgIpc) is 2.63. The van der Waals surface area contributed by atoms with Gasteiger partial charge in [-0.2, -0.15) is 0 Å². The first kappa shape index (κ1) is 17.6. The summed E-state index contributed by atoms with van der Waals surface area (Å²) in [5.41, 5.74) is 3.44. The van der Waals surface area contributed by atoms with Gasteiger partial charge in [0.1, 0.15) is 0 Å². The number of rotatable bonds is 5. The lowest BCUT2D eigenvalue weighted by Gasteiger charge is -2.26. The summed E-state index contributed by atoms with van der Waals surface area (Å²) >= 11 is 9.20. The maximum Gasteiger partial charge on any atom is 0.174 e. The lowest BCUT2D eigenvalue weighted by molar-refractivity contribution is 0.413. The molecule has 25 heavy (non-hydrogen) atoms. The van der Waals surface area contributed by atoms with Crippen molar-refractivity contribution in [3.63, 3.8) is 0 Å². The minimum atomic E-state index is 0.714. The fourth-order valence-electron chi connectivity index (χ4n) is 2.58. The Hall–Kier alpha value is -2.17. The largest absolute Gasteiger partial charge is 0.340 e. The topological polar surface area (TPSA) is 15.3 Å². The summed E-state index contributed by atoms with van der Waals surface area (Å²) in [6, 6.07) is 28.8. The molecule has 2 nitrogen and oxygen atoms in total. The van der Waals surface area contributed by atoms with Crippen LogP contribution in [0.4, 0.5) is 5.69 Å². The van der Waals surface area contributed by atoms with E-state index in [1.165, 1.54) is 11.1 Å². The van der Waals surface area contributed by atoms with Gasteiger partial charge in [-0.15, -0.1) is 0 Å². The predicted octanol–water partition coefficient (Wildman–Crippen LogP) is 5.85. The molecular weight excluding hydrogens is 392 g/mol. The number of hydrogen-bond donors (Lipinski definition) is 1. The van der Waals surface area contributed by atoms with Crippen LogP contribution in [0.3, 0.4) is 0 Å². The second kappa shape index (κ2) is 8.79. The third-order valence-corrected chi connectivity index (χ3v) is 4.65. The second-order valence-corrected chi connectivity index (χ2v) is 7.07. The third kappa shape index (κ3) is 5.41. The van der Waals surface area contributed by atoms with Crippen LogP contribution in [0, 0.1) is 0 Å². The first-order valence-corrected chi connectivity index (χ1v) is 9.30. The van der Waals surface area contributed by atoms with Crippen molar-refractivity contribution in [3.8, 4) is 0 Å². The van der Waals surface area contributed by atoms with Crippen LogP contribution in [-0.4, -0.2) is 10.0 Å². The van der Waals surface area contributed by atoms with Crippen molar-refractivity contribution in [2.75, 3.05) is 5.32 Å². The van der Waals surface area contributed by atoms with Gasteiger partial charge in [0.05, 0.1) is 0 Å². The van der Waals surface area contributed by atoms with Gasteiger partial charge in [0.15, 0.2) is 5.11 Å². The zero-order valence-corrected chi connectivity index (χ0v) is 16.1. The molecular formula is C21H19BrN2S. The normalized spacial score (nSPS) is 10.3. The van der Waals surface area contributed by atoms with Crippen LogP contribution in [0.1, 0.15) is 11.1 Å². The highest BCUT2D eigenvalue weighted by molar-refractivity contribution is 9.10. The van der Waals surface area contributed by atoms with Gasteiger partial charge >= 0.3 is 0 Å².